The van der Waals surface area contributed by atoms with Crippen LogP contribution in [0.4, 0.5) is 0 Å². The number of rotatable bonds is 9. The van der Waals surface area contributed by atoms with Crippen LogP contribution in [-0.4, -0.2) is 59.9 Å². The number of pyridine rings is 1. The van der Waals surface area contributed by atoms with Gasteiger partial charge in [-0.15, -0.1) is 0 Å². The van der Waals surface area contributed by atoms with Gasteiger partial charge in [0.25, 0.3) is 0 Å². The Morgan fingerprint density at radius 2 is 1.60 bits per heavy atom. The Kier molecular flexibility index (Phi) is 11.3. The van der Waals surface area contributed by atoms with Crippen LogP contribution in [0, 0.1) is 11.8 Å². The van der Waals surface area contributed by atoms with E-state index in [1.165, 1.54) is 16.7 Å². The van der Waals surface area contributed by atoms with Crippen molar-refractivity contribution >= 4 is 55.3 Å². The first-order valence-electron chi connectivity index (χ1n) is 15.6. The lowest BCUT2D eigenvalue weighted by Gasteiger charge is -2.38. The van der Waals surface area contributed by atoms with Gasteiger partial charge >= 0.3 is 0 Å². The molecule has 2 aromatic rings. The Labute approximate surface area is 277 Å². The van der Waals surface area contributed by atoms with Crippen molar-refractivity contribution < 1.29 is 14.3 Å². The highest BCUT2D eigenvalue weighted by Gasteiger charge is 2.37. The molecule has 2 amide bonds. The summed E-state index contributed by atoms with van der Waals surface area (Å²) in [7, 11) is 1.63. The number of unbranched alkanes of at least 4 members (excludes halogenated alkanes) is 1. The molecule has 3 aliphatic rings. The topological polar surface area (TPSA) is 62.7 Å². The number of ether oxygens (including phenoxy) is 1. The van der Waals surface area contributed by atoms with Gasteiger partial charge in [0.15, 0.2) is 0 Å². The van der Waals surface area contributed by atoms with E-state index in [1.54, 1.807) is 7.11 Å². The van der Waals surface area contributed by atoms with Crippen LogP contribution in [0.25, 0.3) is 0 Å². The van der Waals surface area contributed by atoms with Gasteiger partial charge in [0.2, 0.25) is 11.8 Å². The molecule has 0 bridgehead atoms. The Balaban J connectivity index is 1.15. The zero-order valence-electron chi connectivity index (χ0n) is 25.1. The van der Waals surface area contributed by atoms with E-state index >= 15 is 0 Å². The van der Waals surface area contributed by atoms with E-state index in [1.807, 2.05) is 17.2 Å². The maximum Gasteiger partial charge on any atom is 0.222 e. The third kappa shape index (κ3) is 8.04. The van der Waals surface area contributed by atoms with Gasteiger partial charge < -0.3 is 14.5 Å². The van der Waals surface area contributed by atoms with Crippen molar-refractivity contribution in [3.63, 3.8) is 0 Å². The SMILES string of the molecule is C=C(CCCCC(=O)N1CCC(CC(=O)N2CCC([C@H]3c4ncc(Br)cc4CCc4cc(Cl)cc(Br)c43)CC2)CC1)OC. The number of fused-ring (bicyclic) bond motifs is 2. The Bertz CT molecular complexity index is 1340. The number of hydrogen-bond donors (Lipinski definition) is 0. The fourth-order valence-corrected chi connectivity index (χ4v) is 8.63. The maximum absolute atomic E-state index is 13.4. The quantitative estimate of drug-likeness (QED) is 0.193. The minimum absolute atomic E-state index is 0.171. The molecule has 2 saturated heterocycles. The highest BCUT2D eigenvalue weighted by molar-refractivity contribution is 9.10. The molecule has 1 atom stereocenters. The molecule has 0 radical (unpaired) electrons. The lowest BCUT2D eigenvalue weighted by molar-refractivity contribution is -0.135. The molecule has 2 fully saturated rings. The number of amides is 2. The van der Waals surface area contributed by atoms with Crippen molar-refractivity contribution in [1.29, 1.82) is 0 Å². The second kappa shape index (κ2) is 14.9. The average Bonchev–Trinajstić information content (AvgIpc) is 3.16. The summed E-state index contributed by atoms with van der Waals surface area (Å²) in [4.78, 5) is 35.1. The van der Waals surface area contributed by atoms with Crippen LogP contribution < -0.4 is 0 Å². The molecule has 3 heterocycles. The Morgan fingerprint density at radius 1 is 0.953 bits per heavy atom. The van der Waals surface area contributed by atoms with Crippen molar-refractivity contribution in [2.24, 2.45) is 11.8 Å². The number of likely N-dealkylation sites (tertiary alicyclic amines) is 2. The van der Waals surface area contributed by atoms with E-state index in [9.17, 15) is 9.59 Å². The molecular weight excluding hydrogens is 694 g/mol. The standard InChI is InChI=1S/C34H42Br2ClN3O3/c1-22(43-2)5-3-4-6-30(41)39-13-9-23(10-14-39)17-31(42)40-15-11-24(12-16-40)33-32-25(19-28(37)20-29(32)36)7-8-26-18-27(35)21-38-34(26)33/h18-21,23-24,33H,1,3-17H2,2H3/t33-/m1/s1. The molecule has 0 N–H and O–H groups in total. The number of hydrogen-bond acceptors (Lipinski definition) is 4. The predicted octanol–water partition coefficient (Wildman–Crippen LogP) is 8.08. The van der Waals surface area contributed by atoms with Gasteiger partial charge in [-0.3, -0.25) is 14.6 Å². The molecular formula is C34H42Br2ClN3O3. The molecule has 1 aliphatic carbocycles. The van der Waals surface area contributed by atoms with E-state index < -0.39 is 0 Å². The lowest BCUT2D eigenvalue weighted by Crippen LogP contribution is -2.43. The van der Waals surface area contributed by atoms with Gasteiger partial charge in [0, 0.05) is 71.5 Å². The molecule has 1 aromatic heterocycles. The minimum Gasteiger partial charge on any atom is -0.502 e. The highest BCUT2D eigenvalue weighted by Crippen LogP contribution is 2.46. The van der Waals surface area contributed by atoms with Gasteiger partial charge in [0.05, 0.1) is 18.6 Å². The smallest absolute Gasteiger partial charge is 0.222 e. The van der Waals surface area contributed by atoms with E-state index in [0.29, 0.717) is 24.7 Å². The zero-order chi connectivity index (χ0) is 30.5. The number of allylic oxidation sites excluding steroid dienone is 1. The van der Waals surface area contributed by atoms with Crippen molar-refractivity contribution in [3.8, 4) is 0 Å². The third-order valence-corrected chi connectivity index (χ3v) is 10.9. The molecule has 5 rings (SSSR count). The molecule has 232 valence electrons. The predicted molar refractivity (Wildman–Crippen MR) is 178 cm³/mol. The summed E-state index contributed by atoms with van der Waals surface area (Å²) in [5.74, 6) is 2.18. The van der Waals surface area contributed by atoms with E-state index in [0.717, 1.165) is 109 Å². The van der Waals surface area contributed by atoms with Gasteiger partial charge in [-0.05, 0) is 114 Å². The summed E-state index contributed by atoms with van der Waals surface area (Å²) in [6.45, 7) is 6.91. The fourth-order valence-electron chi connectivity index (χ4n) is 7.13. The van der Waals surface area contributed by atoms with Gasteiger partial charge in [-0.25, -0.2) is 0 Å². The maximum atomic E-state index is 13.4. The largest absolute Gasteiger partial charge is 0.502 e. The molecule has 0 saturated carbocycles. The van der Waals surface area contributed by atoms with Crippen LogP contribution in [0.15, 0.2) is 45.7 Å². The first-order chi connectivity index (χ1) is 20.7. The summed E-state index contributed by atoms with van der Waals surface area (Å²) in [5, 5.41) is 0.754. The lowest BCUT2D eigenvalue weighted by atomic mass is 9.76. The molecule has 2 aliphatic heterocycles. The van der Waals surface area contributed by atoms with Crippen molar-refractivity contribution in [2.45, 2.75) is 76.5 Å². The molecule has 1 aromatic carbocycles. The fraction of sp³-hybridized carbons (Fsp3) is 0.559. The minimum atomic E-state index is 0.171. The Morgan fingerprint density at radius 3 is 2.33 bits per heavy atom. The Hall–Kier alpha value is -1.90. The van der Waals surface area contributed by atoms with Gasteiger partial charge in [-0.2, -0.15) is 0 Å². The highest BCUT2D eigenvalue weighted by atomic mass is 79.9. The molecule has 43 heavy (non-hydrogen) atoms. The van der Waals surface area contributed by atoms with E-state index in [4.69, 9.17) is 21.3 Å². The number of halogens is 3. The second-order valence-electron chi connectivity index (χ2n) is 12.3. The van der Waals surface area contributed by atoms with Crippen LogP contribution in [0.5, 0.6) is 0 Å². The van der Waals surface area contributed by atoms with Crippen LogP contribution in [0.1, 0.15) is 86.1 Å². The van der Waals surface area contributed by atoms with Crippen molar-refractivity contribution in [1.82, 2.24) is 14.8 Å². The third-order valence-electron chi connectivity index (χ3n) is 9.60. The van der Waals surface area contributed by atoms with Crippen LogP contribution in [0.2, 0.25) is 5.02 Å². The van der Waals surface area contributed by atoms with Crippen LogP contribution in [0.3, 0.4) is 0 Å². The summed E-state index contributed by atoms with van der Waals surface area (Å²) in [6.07, 6.45) is 11.2. The number of aromatic nitrogens is 1. The zero-order valence-corrected chi connectivity index (χ0v) is 29.0. The van der Waals surface area contributed by atoms with E-state index in [-0.39, 0.29) is 17.7 Å². The number of benzene rings is 1. The second-order valence-corrected chi connectivity index (χ2v) is 14.5. The summed E-state index contributed by atoms with van der Waals surface area (Å²) >= 11 is 14.0. The van der Waals surface area contributed by atoms with Gasteiger partial charge in [-0.1, -0.05) is 34.1 Å². The average molecular weight is 736 g/mol. The van der Waals surface area contributed by atoms with Crippen molar-refractivity contribution in [2.75, 3.05) is 33.3 Å². The monoisotopic (exact) mass is 733 g/mol. The number of carbonyl (C=O) groups excluding carboxylic acids is 2. The summed E-state index contributed by atoms with van der Waals surface area (Å²) < 4.78 is 7.17. The number of piperidine rings is 2. The number of carbonyl (C=O) groups is 2. The molecule has 0 spiro atoms. The normalized spacial score (nSPS) is 19.4. The molecule has 0 unspecified atom stereocenters. The summed E-state index contributed by atoms with van der Waals surface area (Å²) in [5.41, 5.74) is 5.05. The first kappa shape index (κ1) is 32.5. The van der Waals surface area contributed by atoms with Crippen molar-refractivity contribution in [3.05, 3.63) is 73.1 Å². The number of aryl methyl sites for hydroxylation is 2. The summed E-state index contributed by atoms with van der Waals surface area (Å²) in [6, 6.07) is 6.34. The molecule has 6 nitrogen and oxygen atoms in total. The number of nitrogens with zero attached hydrogens (tertiary/aromatic N) is 3. The number of methoxy groups -OCH3 is 1. The van der Waals surface area contributed by atoms with E-state index in [2.05, 4.69) is 55.5 Å². The van der Waals surface area contributed by atoms with Crippen LogP contribution in [-0.2, 0) is 27.2 Å². The van der Waals surface area contributed by atoms with Gasteiger partial charge in [0.1, 0.15) is 0 Å². The molecule has 9 heteroatoms. The van der Waals surface area contributed by atoms with Crippen LogP contribution >= 0.6 is 43.5 Å². The first-order valence-corrected chi connectivity index (χ1v) is 17.6.